The van der Waals surface area contributed by atoms with Crippen molar-refractivity contribution in [1.29, 1.82) is 0 Å². The second-order valence-corrected chi connectivity index (χ2v) is 3.09. The van der Waals surface area contributed by atoms with Crippen LogP contribution in [-0.2, 0) is 0 Å². The molecular formula is C12H9F2NO. The van der Waals surface area contributed by atoms with E-state index in [9.17, 15) is 8.78 Å². The van der Waals surface area contributed by atoms with Crippen molar-refractivity contribution in [3.63, 3.8) is 0 Å². The normalized spacial score (nSPS) is 10.4. The average Bonchev–Trinajstić information content (AvgIpc) is 2.30. The van der Waals surface area contributed by atoms with Crippen molar-refractivity contribution in [1.82, 2.24) is 4.98 Å². The Bertz CT molecular complexity index is 460. The maximum absolute atomic E-state index is 12.2. The first-order chi connectivity index (χ1) is 7.77. The van der Waals surface area contributed by atoms with Crippen LogP contribution in [0, 0.1) is 0 Å². The molecule has 0 saturated heterocycles. The molecule has 0 spiro atoms. The molecule has 0 radical (unpaired) electrons. The number of halogens is 2. The number of benzene rings is 1. The highest BCUT2D eigenvalue weighted by Gasteiger charge is 2.10. The summed E-state index contributed by atoms with van der Waals surface area (Å²) in [6, 6.07) is 11.9. The molecule has 0 atom stereocenters. The summed E-state index contributed by atoms with van der Waals surface area (Å²) in [5.41, 5.74) is 1.17. The van der Waals surface area contributed by atoms with Crippen molar-refractivity contribution in [3.05, 3.63) is 48.7 Å². The van der Waals surface area contributed by atoms with Crippen molar-refractivity contribution in [3.8, 4) is 17.0 Å². The summed E-state index contributed by atoms with van der Waals surface area (Å²) in [4.78, 5) is 4.09. The first kappa shape index (κ1) is 10.5. The molecule has 0 aliphatic heterocycles. The Morgan fingerprint density at radius 1 is 1.00 bits per heavy atom. The van der Waals surface area contributed by atoms with Gasteiger partial charge in [0.25, 0.3) is 0 Å². The first-order valence-electron chi connectivity index (χ1n) is 4.72. The van der Waals surface area contributed by atoms with Crippen LogP contribution in [0.25, 0.3) is 11.3 Å². The monoisotopic (exact) mass is 221 g/mol. The topological polar surface area (TPSA) is 22.1 Å². The van der Waals surface area contributed by atoms with Gasteiger partial charge in [0.15, 0.2) is 0 Å². The van der Waals surface area contributed by atoms with Gasteiger partial charge in [-0.2, -0.15) is 8.78 Å². The highest BCUT2D eigenvalue weighted by atomic mass is 19.3. The summed E-state index contributed by atoms with van der Waals surface area (Å²) in [5, 5.41) is 0. The van der Waals surface area contributed by atoms with Gasteiger partial charge in [0.05, 0.1) is 5.69 Å². The van der Waals surface area contributed by atoms with Crippen molar-refractivity contribution in [2.24, 2.45) is 0 Å². The second kappa shape index (κ2) is 4.70. The maximum atomic E-state index is 12.2. The smallest absolute Gasteiger partial charge is 0.387 e. The molecule has 0 amide bonds. The molecule has 2 rings (SSSR count). The van der Waals surface area contributed by atoms with Crippen molar-refractivity contribution in [2.75, 3.05) is 0 Å². The number of hydrogen-bond donors (Lipinski definition) is 0. The van der Waals surface area contributed by atoms with Crippen LogP contribution in [0.3, 0.4) is 0 Å². The molecule has 82 valence electrons. The Hall–Kier alpha value is -1.97. The number of para-hydroxylation sites is 1. The molecule has 4 heteroatoms. The Morgan fingerprint density at radius 3 is 2.44 bits per heavy atom. The number of alkyl halides is 2. The van der Waals surface area contributed by atoms with E-state index in [1.807, 2.05) is 0 Å². The zero-order valence-electron chi connectivity index (χ0n) is 8.31. The van der Waals surface area contributed by atoms with Gasteiger partial charge >= 0.3 is 6.61 Å². The van der Waals surface area contributed by atoms with Gasteiger partial charge in [-0.05, 0) is 24.3 Å². The van der Waals surface area contributed by atoms with E-state index >= 15 is 0 Å². The Kier molecular flexibility index (Phi) is 3.10. The molecule has 2 nitrogen and oxygen atoms in total. The minimum absolute atomic E-state index is 0.135. The van der Waals surface area contributed by atoms with Crippen LogP contribution in [0.4, 0.5) is 8.78 Å². The highest BCUT2D eigenvalue weighted by Crippen LogP contribution is 2.28. The lowest BCUT2D eigenvalue weighted by atomic mass is 10.1. The Morgan fingerprint density at radius 2 is 1.75 bits per heavy atom. The predicted molar refractivity (Wildman–Crippen MR) is 56.3 cm³/mol. The number of nitrogens with zero attached hydrogens (tertiary/aromatic N) is 1. The van der Waals surface area contributed by atoms with E-state index < -0.39 is 6.61 Å². The molecule has 0 saturated carbocycles. The minimum Gasteiger partial charge on any atom is -0.434 e. The van der Waals surface area contributed by atoms with Gasteiger partial charge in [-0.1, -0.05) is 18.2 Å². The number of rotatable bonds is 3. The fraction of sp³-hybridized carbons (Fsp3) is 0.0833. The largest absolute Gasteiger partial charge is 0.434 e. The van der Waals surface area contributed by atoms with Crippen LogP contribution in [0.15, 0.2) is 48.7 Å². The average molecular weight is 221 g/mol. The molecule has 0 bridgehead atoms. The molecule has 0 unspecified atom stereocenters. The lowest BCUT2D eigenvalue weighted by Crippen LogP contribution is -2.03. The Balaban J connectivity index is 2.41. The van der Waals surface area contributed by atoms with Gasteiger partial charge < -0.3 is 4.74 Å². The van der Waals surface area contributed by atoms with E-state index in [1.54, 1.807) is 42.6 Å². The third-order valence-electron chi connectivity index (χ3n) is 2.04. The predicted octanol–water partition coefficient (Wildman–Crippen LogP) is 3.35. The molecular weight excluding hydrogens is 212 g/mol. The van der Waals surface area contributed by atoms with Crippen molar-refractivity contribution >= 4 is 0 Å². The summed E-state index contributed by atoms with van der Waals surface area (Å²) >= 11 is 0. The van der Waals surface area contributed by atoms with Gasteiger partial charge in [0.2, 0.25) is 0 Å². The van der Waals surface area contributed by atoms with E-state index in [0.717, 1.165) is 0 Å². The quantitative estimate of drug-likeness (QED) is 0.792. The molecule has 1 aromatic heterocycles. The summed E-state index contributed by atoms with van der Waals surface area (Å²) < 4.78 is 28.8. The van der Waals surface area contributed by atoms with Crippen LogP contribution in [0.1, 0.15) is 0 Å². The molecule has 1 heterocycles. The van der Waals surface area contributed by atoms with E-state index in [1.165, 1.54) is 6.07 Å². The van der Waals surface area contributed by atoms with Gasteiger partial charge in [-0.3, -0.25) is 4.98 Å². The third kappa shape index (κ3) is 2.34. The van der Waals surface area contributed by atoms with Crippen LogP contribution in [0.5, 0.6) is 5.75 Å². The molecule has 1 aromatic carbocycles. The standard InChI is InChI=1S/C12H9F2NO/c13-12(14)16-11-7-2-1-5-9(11)10-6-3-4-8-15-10/h1-8,12H. The number of hydrogen-bond acceptors (Lipinski definition) is 2. The molecule has 16 heavy (non-hydrogen) atoms. The zero-order chi connectivity index (χ0) is 11.4. The lowest BCUT2D eigenvalue weighted by molar-refractivity contribution is -0.0494. The second-order valence-electron chi connectivity index (χ2n) is 3.09. The lowest BCUT2D eigenvalue weighted by Gasteiger charge is -2.09. The zero-order valence-corrected chi connectivity index (χ0v) is 8.31. The third-order valence-corrected chi connectivity index (χ3v) is 2.04. The van der Waals surface area contributed by atoms with Gasteiger partial charge in [-0.15, -0.1) is 0 Å². The summed E-state index contributed by atoms with van der Waals surface area (Å²) in [7, 11) is 0. The van der Waals surface area contributed by atoms with Gasteiger partial charge in [0.1, 0.15) is 5.75 Å². The number of ether oxygens (including phenoxy) is 1. The Labute approximate surface area is 91.5 Å². The van der Waals surface area contributed by atoms with Gasteiger partial charge in [-0.25, -0.2) is 0 Å². The molecule has 2 aromatic rings. The molecule has 0 aliphatic carbocycles. The highest BCUT2D eigenvalue weighted by molar-refractivity contribution is 5.66. The van der Waals surface area contributed by atoms with Gasteiger partial charge in [0, 0.05) is 11.8 Å². The molecule has 0 aliphatic rings. The summed E-state index contributed by atoms with van der Waals surface area (Å²) in [6.07, 6.45) is 1.61. The van der Waals surface area contributed by atoms with Crippen LogP contribution in [0.2, 0.25) is 0 Å². The van der Waals surface area contributed by atoms with Crippen LogP contribution < -0.4 is 4.74 Å². The van der Waals surface area contributed by atoms with E-state index in [2.05, 4.69) is 9.72 Å². The fourth-order valence-corrected chi connectivity index (χ4v) is 1.40. The van der Waals surface area contributed by atoms with Crippen molar-refractivity contribution < 1.29 is 13.5 Å². The van der Waals surface area contributed by atoms with Crippen molar-refractivity contribution in [2.45, 2.75) is 6.61 Å². The molecule has 0 N–H and O–H groups in total. The van der Waals surface area contributed by atoms with Crippen LogP contribution in [-0.4, -0.2) is 11.6 Å². The minimum atomic E-state index is -2.83. The molecule has 0 fully saturated rings. The maximum Gasteiger partial charge on any atom is 0.387 e. The van der Waals surface area contributed by atoms with E-state index in [4.69, 9.17) is 0 Å². The first-order valence-corrected chi connectivity index (χ1v) is 4.72. The fourth-order valence-electron chi connectivity index (χ4n) is 1.40. The summed E-state index contributed by atoms with van der Waals surface area (Å²) in [6.45, 7) is -2.83. The SMILES string of the molecule is FC(F)Oc1ccccc1-c1ccccn1. The number of aromatic nitrogens is 1. The summed E-state index contributed by atoms with van der Waals surface area (Å²) in [5.74, 6) is 0.135. The van der Waals surface area contributed by atoms with E-state index in [-0.39, 0.29) is 5.75 Å². The number of pyridine rings is 1. The van der Waals surface area contributed by atoms with E-state index in [0.29, 0.717) is 11.3 Å². The van der Waals surface area contributed by atoms with Crippen LogP contribution >= 0.6 is 0 Å².